The highest BCUT2D eigenvalue weighted by atomic mass is 16.5. The molecule has 21 heavy (non-hydrogen) atoms. The summed E-state index contributed by atoms with van der Waals surface area (Å²) in [6.45, 7) is 0.417. The van der Waals surface area contributed by atoms with Crippen LogP contribution in [-0.4, -0.2) is 13.1 Å². The zero-order valence-electron chi connectivity index (χ0n) is 11.6. The number of hydrogen-bond acceptors (Lipinski definition) is 3. The van der Waals surface area contributed by atoms with Crippen LogP contribution >= 0.6 is 0 Å². The smallest absolute Gasteiger partial charge is 0.323 e. The van der Waals surface area contributed by atoms with Crippen LogP contribution in [0.4, 0.5) is 16.2 Å². The molecular formula is C16H15N3O2. The lowest BCUT2D eigenvalue weighted by molar-refractivity contribution is 0.185. The Morgan fingerprint density at radius 1 is 1.19 bits per heavy atom. The van der Waals surface area contributed by atoms with Crippen LogP contribution in [0.25, 0.3) is 0 Å². The molecule has 0 atom stereocenters. The quantitative estimate of drug-likeness (QED) is 0.902. The van der Waals surface area contributed by atoms with Crippen molar-refractivity contribution in [1.29, 1.82) is 5.26 Å². The number of amides is 2. The van der Waals surface area contributed by atoms with E-state index in [4.69, 9.17) is 10.00 Å². The summed E-state index contributed by atoms with van der Waals surface area (Å²) in [6.07, 6.45) is 0. The maximum atomic E-state index is 12.0. The molecule has 0 heterocycles. The minimum atomic E-state index is -0.367. The number of carbonyl (C=O) groups is 1. The van der Waals surface area contributed by atoms with Crippen LogP contribution in [-0.2, 0) is 11.3 Å². The second-order valence-corrected chi connectivity index (χ2v) is 4.36. The lowest BCUT2D eigenvalue weighted by atomic mass is 10.2. The van der Waals surface area contributed by atoms with E-state index in [0.29, 0.717) is 23.5 Å². The van der Waals surface area contributed by atoms with Crippen LogP contribution in [0.5, 0.6) is 0 Å². The number of rotatable bonds is 4. The molecule has 0 fully saturated rings. The summed E-state index contributed by atoms with van der Waals surface area (Å²) in [7, 11) is 1.60. The van der Waals surface area contributed by atoms with Crippen molar-refractivity contribution in [3.05, 3.63) is 59.7 Å². The lowest BCUT2D eigenvalue weighted by Gasteiger charge is -2.11. The number of hydrogen-bond donors (Lipinski definition) is 2. The number of methoxy groups -OCH3 is 1. The fourth-order valence-electron chi connectivity index (χ4n) is 1.87. The first-order valence-corrected chi connectivity index (χ1v) is 6.38. The van der Waals surface area contributed by atoms with Crippen molar-refractivity contribution in [2.45, 2.75) is 6.61 Å². The molecule has 0 saturated carbocycles. The second-order valence-electron chi connectivity index (χ2n) is 4.36. The molecule has 0 saturated heterocycles. The summed E-state index contributed by atoms with van der Waals surface area (Å²) in [4.78, 5) is 12.0. The molecule has 0 radical (unpaired) electrons. The van der Waals surface area contributed by atoms with Gasteiger partial charge in [0, 0.05) is 24.0 Å². The van der Waals surface area contributed by atoms with Gasteiger partial charge in [0.25, 0.3) is 0 Å². The fraction of sp³-hybridized carbons (Fsp3) is 0.125. The molecule has 106 valence electrons. The standard InChI is InChI=1S/C16H15N3O2/c1-21-11-13-6-2-3-8-15(13)19-16(20)18-14-7-4-5-12(9-14)10-17/h2-9H,11H2,1H3,(H2,18,19,20). The first-order valence-electron chi connectivity index (χ1n) is 6.38. The summed E-state index contributed by atoms with van der Waals surface area (Å²) in [6, 6.07) is 15.8. The van der Waals surface area contributed by atoms with Gasteiger partial charge in [-0.25, -0.2) is 4.79 Å². The van der Waals surface area contributed by atoms with Gasteiger partial charge in [-0.2, -0.15) is 5.26 Å². The Labute approximate surface area is 123 Å². The molecule has 0 bridgehead atoms. The van der Waals surface area contributed by atoms with E-state index >= 15 is 0 Å². The molecule has 5 heteroatoms. The SMILES string of the molecule is COCc1ccccc1NC(=O)Nc1cccc(C#N)c1. The van der Waals surface area contributed by atoms with E-state index < -0.39 is 0 Å². The normalized spacial score (nSPS) is 9.71. The number of para-hydroxylation sites is 1. The van der Waals surface area contributed by atoms with Gasteiger partial charge in [0.15, 0.2) is 0 Å². The monoisotopic (exact) mass is 281 g/mol. The average Bonchev–Trinajstić information content (AvgIpc) is 2.49. The molecule has 2 aromatic carbocycles. The Morgan fingerprint density at radius 2 is 2.00 bits per heavy atom. The minimum absolute atomic E-state index is 0.367. The molecule has 2 rings (SSSR count). The Balaban J connectivity index is 2.06. The number of nitrogens with one attached hydrogen (secondary N) is 2. The maximum Gasteiger partial charge on any atom is 0.323 e. The van der Waals surface area contributed by atoms with Crippen molar-refractivity contribution in [3.8, 4) is 6.07 Å². The van der Waals surface area contributed by atoms with Crippen LogP contribution in [0.3, 0.4) is 0 Å². The average molecular weight is 281 g/mol. The number of nitriles is 1. The number of ether oxygens (including phenoxy) is 1. The number of carbonyl (C=O) groups excluding carboxylic acids is 1. The van der Waals surface area contributed by atoms with Crippen LogP contribution < -0.4 is 10.6 Å². The van der Waals surface area contributed by atoms with Gasteiger partial charge >= 0.3 is 6.03 Å². The lowest BCUT2D eigenvalue weighted by Crippen LogP contribution is -2.20. The summed E-state index contributed by atoms with van der Waals surface area (Å²) in [5.41, 5.74) is 2.64. The molecule has 0 aliphatic heterocycles. The van der Waals surface area contributed by atoms with Gasteiger partial charge in [-0.1, -0.05) is 24.3 Å². The molecular weight excluding hydrogens is 266 g/mol. The van der Waals surface area contributed by atoms with Gasteiger partial charge in [0.1, 0.15) is 0 Å². The third-order valence-corrected chi connectivity index (χ3v) is 2.81. The van der Waals surface area contributed by atoms with Gasteiger partial charge in [0.2, 0.25) is 0 Å². The van der Waals surface area contributed by atoms with Gasteiger partial charge in [-0.15, -0.1) is 0 Å². The molecule has 0 aliphatic carbocycles. The Morgan fingerprint density at radius 3 is 2.76 bits per heavy atom. The topological polar surface area (TPSA) is 74.2 Å². The Bertz CT molecular complexity index is 677. The Kier molecular flexibility index (Phi) is 4.91. The summed E-state index contributed by atoms with van der Waals surface area (Å²) in [5, 5.41) is 14.3. The predicted molar refractivity (Wildman–Crippen MR) is 81.0 cm³/mol. The van der Waals surface area contributed by atoms with Crippen LogP contribution in [0.2, 0.25) is 0 Å². The molecule has 0 spiro atoms. The molecule has 2 N–H and O–H groups in total. The van der Waals surface area contributed by atoms with Gasteiger partial charge < -0.3 is 15.4 Å². The number of anilines is 2. The highest BCUT2D eigenvalue weighted by molar-refractivity contribution is 6.00. The number of urea groups is 1. The predicted octanol–water partition coefficient (Wildman–Crippen LogP) is 3.35. The van der Waals surface area contributed by atoms with Crippen molar-refractivity contribution in [2.24, 2.45) is 0 Å². The van der Waals surface area contributed by atoms with Gasteiger partial charge in [-0.3, -0.25) is 0 Å². The second kappa shape index (κ2) is 7.08. The third kappa shape index (κ3) is 4.06. The summed E-state index contributed by atoms with van der Waals surface area (Å²) in [5.74, 6) is 0. The molecule has 2 amide bonds. The zero-order chi connectivity index (χ0) is 15.1. The van der Waals surface area contributed by atoms with Crippen molar-refractivity contribution in [1.82, 2.24) is 0 Å². The van der Waals surface area contributed by atoms with E-state index in [0.717, 1.165) is 5.56 Å². The minimum Gasteiger partial charge on any atom is -0.380 e. The van der Waals surface area contributed by atoms with Crippen LogP contribution in [0.15, 0.2) is 48.5 Å². The zero-order valence-corrected chi connectivity index (χ0v) is 11.6. The Hall–Kier alpha value is -2.84. The molecule has 0 unspecified atom stereocenters. The molecule has 0 aliphatic rings. The van der Waals surface area contributed by atoms with E-state index in [-0.39, 0.29) is 6.03 Å². The van der Waals surface area contributed by atoms with Gasteiger partial charge in [0.05, 0.1) is 18.2 Å². The molecule has 2 aromatic rings. The van der Waals surface area contributed by atoms with Gasteiger partial charge in [-0.05, 0) is 24.3 Å². The van der Waals surface area contributed by atoms with Crippen molar-refractivity contribution in [3.63, 3.8) is 0 Å². The van der Waals surface area contributed by atoms with E-state index in [1.165, 1.54) is 0 Å². The highest BCUT2D eigenvalue weighted by Crippen LogP contribution is 2.17. The third-order valence-electron chi connectivity index (χ3n) is 2.81. The van der Waals surface area contributed by atoms with E-state index in [9.17, 15) is 4.79 Å². The first-order chi connectivity index (χ1) is 10.2. The highest BCUT2D eigenvalue weighted by Gasteiger charge is 2.06. The number of benzene rings is 2. The maximum absolute atomic E-state index is 12.0. The fourth-order valence-corrected chi connectivity index (χ4v) is 1.87. The van der Waals surface area contributed by atoms with E-state index in [1.807, 2.05) is 24.3 Å². The van der Waals surface area contributed by atoms with Crippen molar-refractivity contribution >= 4 is 17.4 Å². The van der Waals surface area contributed by atoms with E-state index in [1.54, 1.807) is 37.4 Å². The molecule has 0 aromatic heterocycles. The van der Waals surface area contributed by atoms with E-state index in [2.05, 4.69) is 10.6 Å². The largest absolute Gasteiger partial charge is 0.380 e. The van der Waals surface area contributed by atoms with Crippen LogP contribution in [0.1, 0.15) is 11.1 Å². The number of nitrogens with zero attached hydrogens (tertiary/aromatic N) is 1. The first kappa shape index (κ1) is 14.6. The summed E-state index contributed by atoms with van der Waals surface area (Å²) < 4.78 is 5.09. The van der Waals surface area contributed by atoms with Crippen LogP contribution in [0, 0.1) is 11.3 Å². The van der Waals surface area contributed by atoms with Crippen molar-refractivity contribution < 1.29 is 9.53 Å². The molecule has 5 nitrogen and oxygen atoms in total. The summed E-state index contributed by atoms with van der Waals surface area (Å²) >= 11 is 0. The van der Waals surface area contributed by atoms with Crippen molar-refractivity contribution in [2.75, 3.05) is 17.7 Å².